The molecule has 2 aromatic rings. The molecule has 1 atom stereocenters. The van der Waals surface area contributed by atoms with Gasteiger partial charge in [-0.15, -0.1) is 0 Å². The van der Waals surface area contributed by atoms with Crippen molar-refractivity contribution >= 4 is 27.0 Å². The van der Waals surface area contributed by atoms with Crippen LogP contribution in [-0.4, -0.2) is 54.6 Å². The first-order chi connectivity index (χ1) is 11.7. The van der Waals surface area contributed by atoms with Crippen molar-refractivity contribution < 1.29 is 13.2 Å². The average molecular weight is 364 g/mol. The van der Waals surface area contributed by atoms with Crippen LogP contribution in [0.25, 0.3) is 11.0 Å². The van der Waals surface area contributed by atoms with Crippen LogP contribution in [0.5, 0.6) is 0 Å². The molecule has 8 heteroatoms. The summed E-state index contributed by atoms with van der Waals surface area (Å²) in [6.45, 7) is 4.84. The number of aryl methyl sites for hydroxylation is 1. The van der Waals surface area contributed by atoms with Gasteiger partial charge in [-0.1, -0.05) is 12.1 Å². The number of carbonyl (C=O) groups excluding carboxylic acids is 1. The second kappa shape index (κ2) is 6.76. The SMILES string of the molecule is Cc1cccc2[nH]c(C3CCN(C(=O)C(C)NS(C)(=O)=O)CC3)nc12. The molecule has 1 saturated heterocycles. The highest BCUT2D eigenvalue weighted by molar-refractivity contribution is 7.88. The minimum absolute atomic E-state index is 0.177. The number of piperidine rings is 1. The van der Waals surface area contributed by atoms with Gasteiger partial charge in [-0.3, -0.25) is 4.79 Å². The fraction of sp³-hybridized carbons (Fsp3) is 0.529. The monoisotopic (exact) mass is 364 g/mol. The first-order valence-electron chi connectivity index (χ1n) is 8.46. The molecule has 25 heavy (non-hydrogen) atoms. The summed E-state index contributed by atoms with van der Waals surface area (Å²) < 4.78 is 24.9. The number of fused-ring (bicyclic) bond motifs is 1. The topological polar surface area (TPSA) is 95.2 Å². The Kier molecular flexibility index (Phi) is 4.83. The van der Waals surface area contributed by atoms with Gasteiger partial charge in [0.15, 0.2) is 0 Å². The smallest absolute Gasteiger partial charge is 0.240 e. The lowest BCUT2D eigenvalue weighted by Crippen LogP contribution is -2.48. The molecule has 3 rings (SSSR count). The zero-order valence-corrected chi connectivity index (χ0v) is 15.6. The van der Waals surface area contributed by atoms with Gasteiger partial charge in [0.05, 0.1) is 23.3 Å². The Labute approximate surface area is 147 Å². The molecule has 0 spiro atoms. The summed E-state index contributed by atoms with van der Waals surface area (Å²) in [5, 5.41) is 0. The lowest BCUT2D eigenvalue weighted by atomic mass is 9.96. The molecule has 0 aliphatic carbocycles. The Morgan fingerprint density at radius 1 is 1.36 bits per heavy atom. The number of sulfonamides is 1. The van der Waals surface area contributed by atoms with Crippen molar-refractivity contribution in [1.82, 2.24) is 19.6 Å². The molecule has 2 heterocycles. The number of likely N-dealkylation sites (tertiary alicyclic amines) is 1. The third-order valence-corrected chi connectivity index (χ3v) is 5.47. The quantitative estimate of drug-likeness (QED) is 0.860. The van der Waals surface area contributed by atoms with Gasteiger partial charge in [-0.05, 0) is 38.3 Å². The number of imidazole rings is 1. The minimum atomic E-state index is -3.39. The summed E-state index contributed by atoms with van der Waals surface area (Å²) in [7, 11) is -3.39. The lowest BCUT2D eigenvalue weighted by molar-refractivity contribution is -0.133. The van der Waals surface area contributed by atoms with E-state index in [1.807, 2.05) is 25.1 Å². The van der Waals surface area contributed by atoms with E-state index in [1.54, 1.807) is 11.8 Å². The van der Waals surface area contributed by atoms with Crippen LogP contribution < -0.4 is 4.72 Å². The molecule has 0 saturated carbocycles. The molecular formula is C17H24N4O3S. The molecule has 0 bridgehead atoms. The van der Waals surface area contributed by atoms with Crippen LogP contribution in [0.4, 0.5) is 0 Å². The summed E-state index contributed by atoms with van der Waals surface area (Å²) in [6.07, 6.45) is 2.69. The van der Waals surface area contributed by atoms with Crippen molar-refractivity contribution in [1.29, 1.82) is 0 Å². The standard InChI is InChI=1S/C17H24N4O3S/c1-11-5-4-6-14-15(11)19-16(18-14)13-7-9-21(10-8-13)17(22)12(2)20-25(3,23)24/h4-6,12-13,20H,7-10H2,1-3H3,(H,18,19). The maximum atomic E-state index is 12.4. The molecule has 1 aromatic carbocycles. The number of benzene rings is 1. The summed E-state index contributed by atoms with van der Waals surface area (Å²) in [4.78, 5) is 22.2. The zero-order chi connectivity index (χ0) is 18.2. The maximum absolute atomic E-state index is 12.4. The van der Waals surface area contributed by atoms with Crippen LogP contribution >= 0.6 is 0 Å². The van der Waals surface area contributed by atoms with E-state index in [0.29, 0.717) is 13.1 Å². The van der Waals surface area contributed by atoms with Crippen LogP contribution in [0.3, 0.4) is 0 Å². The van der Waals surface area contributed by atoms with Crippen molar-refractivity contribution in [2.45, 2.75) is 38.6 Å². The highest BCUT2D eigenvalue weighted by atomic mass is 32.2. The molecule has 1 amide bonds. The van der Waals surface area contributed by atoms with E-state index in [0.717, 1.165) is 41.5 Å². The number of carbonyl (C=O) groups is 1. The minimum Gasteiger partial charge on any atom is -0.342 e. The summed E-state index contributed by atoms with van der Waals surface area (Å²) in [5.41, 5.74) is 3.19. The van der Waals surface area contributed by atoms with E-state index in [1.165, 1.54) is 0 Å². The van der Waals surface area contributed by atoms with Gasteiger partial charge in [0, 0.05) is 19.0 Å². The number of nitrogens with one attached hydrogen (secondary N) is 2. The molecule has 7 nitrogen and oxygen atoms in total. The molecule has 1 aliphatic rings. The normalized spacial score (nSPS) is 17.8. The van der Waals surface area contributed by atoms with Crippen LogP contribution in [-0.2, 0) is 14.8 Å². The lowest BCUT2D eigenvalue weighted by Gasteiger charge is -2.32. The molecule has 1 aromatic heterocycles. The Morgan fingerprint density at radius 2 is 2.04 bits per heavy atom. The number of aromatic amines is 1. The highest BCUT2D eigenvalue weighted by Gasteiger charge is 2.29. The predicted molar refractivity (Wildman–Crippen MR) is 96.8 cm³/mol. The fourth-order valence-corrected chi connectivity index (χ4v) is 4.15. The molecule has 2 N–H and O–H groups in total. The van der Waals surface area contributed by atoms with Gasteiger partial charge in [-0.2, -0.15) is 0 Å². The average Bonchev–Trinajstić information content (AvgIpc) is 2.98. The Balaban J connectivity index is 1.65. The zero-order valence-electron chi connectivity index (χ0n) is 14.7. The van der Waals surface area contributed by atoms with E-state index in [-0.39, 0.29) is 11.8 Å². The molecular weight excluding hydrogens is 340 g/mol. The number of aromatic nitrogens is 2. The van der Waals surface area contributed by atoms with E-state index >= 15 is 0 Å². The molecule has 1 fully saturated rings. The fourth-order valence-electron chi connectivity index (χ4n) is 3.41. The van der Waals surface area contributed by atoms with E-state index in [9.17, 15) is 13.2 Å². The summed E-state index contributed by atoms with van der Waals surface area (Å²) in [6, 6.07) is 5.35. The Hall–Kier alpha value is -1.93. The number of nitrogens with zero attached hydrogens (tertiary/aromatic N) is 2. The molecule has 1 unspecified atom stereocenters. The number of hydrogen-bond acceptors (Lipinski definition) is 4. The third kappa shape index (κ3) is 4.01. The van der Waals surface area contributed by atoms with E-state index in [4.69, 9.17) is 4.98 Å². The highest BCUT2D eigenvalue weighted by Crippen LogP contribution is 2.28. The number of rotatable bonds is 4. The Bertz CT molecular complexity index is 882. The van der Waals surface area contributed by atoms with Gasteiger partial charge in [-0.25, -0.2) is 18.1 Å². The van der Waals surface area contributed by atoms with Crippen molar-refractivity contribution in [3.63, 3.8) is 0 Å². The number of hydrogen-bond donors (Lipinski definition) is 2. The number of amides is 1. The van der Waals surface area contributed by atoms with Gasteiger partial charge in [0.25, 0.3) is 0 Å². The molecule has 136 valence electrons. The first-order valence-corrected chi connectivity index (χ1v) is 10.3. The summed E-state index contributed by atoms with van der Waals surface area (Å²) >= 11 is 0. The van der Waals surface area contributed by atoms with Crippen molar-refractivity contribution in [3.8, 4) is 0 Å². The second-order valence-corrected chi connectivity index (χ2v) is 8.58. The van der Waals surface area contributed by atoms with Crippen LogP contribution in [0.15, 0.2) is 18.2 Å². The van der Waals surface area contributed by atoms with Crippen LogP contribution in [0.2, 0.25) is 0 Å². The van der Waals surface area contributed by atoms with Crippen molar-refractivity contribution in [2.75, 3.05) is 19.3 Å². The van der Waals surface area contributed by atoms with Crippen LogP contribution in [0.1, 0.15) is 37.1 Å². The molecule has 0 radical (unpaired) electrons. The van der Waals surface area contributed by atoms with Crippen molar-refractivity contribution in [3.05, 3.63) is 29.6 Å². The summed E-state index contributed by atoms with van der Waals surface area (Å²) in [5.74, 6) is 1.08. The molecule has 1 aliphatic heterocycles. The van der Waals surface area contributed by atoms with Gasteiger partial charge in [0.2, 0.25) is 15.9 Å². The Morgan fingerprint density at radius 3 is 2.64 bits per heavy atom. The van der Waals surface area contributed by atoms with E-state index in [2.05, 4.69) is 9.71 Å². The number of H-pyrrole nitrogens is 1. The first kappa shape index (κ1) is 17.9. The second-order valence-electron chi connectivity index (χ2n) is 6.80. The third-order valence-electron chi connectivity index (χ3n) is 4.69. The van der Waals surface area contributed by atoms with Gasteiger partial charge in [0.1, 0.15) is 5.82 Å². The van der Waals surface area contributed by atoms with E-state index < -0.39 is 16.1 Å². The van der Waals surface area contributed by atoms with Gasteiger partial charge >= 0.3 is 0 Å². The number of para-hydroxylation sites is 1. The van der Waals surface area contributed by atoms with Crippen LogP contribution in [0, 0.1) is 6.92 Å². The van der Waals surface area contributed by atoms with Gasteiger partial charge < -0.3 is 9.88 Å². The maximum Gasteiger partial charge on any atom is 0.240 e. The predicted octanol–water partition coefficient (Wildman–Crippen LogP) is 1.52. The largest absolute Gasteiger partial charge is 0.342 e. The van der Waals surface area contributed by atoms with Crippen molar-refractivity contribution in [2.24, 2.45) is 0 Å².